The lowest BCUT2D eigenvalue weighted by atomic mass is 9.95. The van der Waals surface area contributed by atoms with Crippen LogP contribution in [0.2, 0.25) is 0 Å². The fraction of sp³-hybridized carbons (Fsp3) is 1.00. The minimum Gasteiger partial charge on any atom is -0.381 e. The zero-order chi connectivity index (χ0) is 12.0. The summed E-state index contributed by atoms with van der Waals surface area (Å²) >= 11 is 3.68. The Morgan fingerprint density at radius 1 is 1.06 bits per heavy atom. The topological polar surface area (TPSA) is 18.5 Å². The van der Waals surface area contributed by atoms with E-state index in [1.807, 2.05) is 0 Å². The molecule has 2 nitrogen and oxygen atoms in total. The highest BCUT2D eigenvalue weighted by Crippen LogP contribution is 2.33. The van der Waals surface area contributed by atoms with E-state index >= 15 is 0 Å². The van der Waals surface area contributed by atoms with Gasteiger partial charge in [-0.1, -0.05) is 41.6 Å². The molecule has 0 N–H and O–H groups in total. The molecule has 2 fully saturated rings. The van der Waals surface area contributed by atoms with Crippen LogP contribution in [0, 0.1) is 5.92 Å². The number of hydrogen-bond donors (Lipinski definition) is 0. The SMILES string of the molecule is BrCC1(OCC2CCOCC2)CCCCCC1. The van der Waals surface area contributed by atoms with Gasteiger partial charge < -0.3 is 9.47 Å². The van der Waals surface area contributed by atoms with Crippen molar-refractivity contribution in [3.8, 4) is 0 Å². The van der Waals surface area contributed by atoms with Crippen molar-refractivity contribution >= 4 is 15.9 Å². The van der Waals surface area contributed by atoms with Gasteiger partial charge in [-0.05, 0) is 31.6 Å². The molecular weight excluding hydrogens is 280 g/mol. The molecule has 3 heteroatoms. The van der Waals surface area contributed by atoms with E-state index in [1.165, 1.54) is 51.4 Å². The van der Waals surface area contributed by atoms with Crippen molar-refractivity contribution in [1.29, 1.82) is 0 Å². The van der Waals surface area contributed by atoms with E-state index in [0.717, 1.165) is 31.1 Å². The molecule has 1 aliphatic carbocycles. The molecular formula is C14H25BrO2. The summed E-state index contributed by atoms with van der Waals surface area (Å²) in [6.45, 7) is 2.79. The van der Waals surface area contributed by atoms with Crippen LogP contribution in [0.25, 0.3) is 0 Å². The second-order valence-electron chi connectivity index (χ2n) is 5.60. The van der Waals surface area contributed by atoms with Crippen LogP contribution in [0.3, 0.4) is 0 Å². The normalized spacial score (nSPS) is 26.6. The smallest absolute Gasteiger partial charge is 0.0779 e. The average Bonchev–Trinajstić information content (AvgIpc) is 2.64. The summed E-state index contributed by atoms with van der Waals surface area (Å²) in [6.07, 6.45) is 10.3. The van der Waals surface area contributed by atoms with Crippen molar-refractivity contribution in [3.63, 3.8) is 0 Å². The Morgan fingerprint density at radius 3 is 2.29 bits per heavy atom. The third-order valence-corrected chi connectivity index (χ3v) is 5.25. The third kappa shape index (κ3) is 4.22. The first-order valence-corrected chi connectivity index (χ1v) is 8.24. The number of rotatable bonds is 4. The zero-order valence-corrected chi connectivity index (χ0v) is 12.3. The van der Waals surface area contributed by atoms with Crippen molar-refractivity contribution < 1.29 is 9.47 Å². The van der Waals surface area contributed by atoms with Crippen LogP contribution in [0.15, 0.2) is 0 Å². The highest BCUT2D eigenvalue weighted by atomic mass is 79.9. The lowest BCUT2D eigenvalue weighted by Crippen LogP contribution is -2.36. The van der Waals surface area contributed by atoms with Gasteiger partial charge in [-0.3, -0.25) is 0 Å². The summed E-state index contributed by atoms with van der Waals surface area (Å²) in [6, 6.07) is 0. The Hall–Kier alpha value is 0.400. The molecule has 1 aliphatic heterocycles. The van der Waals surface area contributed by atoms with Crippen molar-refractivity contribution in [2.45, 2.75) is 57.0 Å². The predicted molar refractivity (Wildman–Crippen MR) is 73.7 cm³/mol. The van der Waals surface area contributed by atoms with E-state index in [2.05, 4.69) is 15.9 Å². The van der Waals surface area contributed by atoms with Gasteiger partial charge in [0.2, 0.25) is 0 Å². The summed E-state index contributed by atoms with van der Waals surface area (Å²) in [5.41, 5.74) is 0.134. The van der Waals surface area contributed by atoms with Crippen LogP contribution in [-0.4, -0.2) is 30.8 Å². The molecule has 17 heavy (non-hydrogen) atoms. The van der Waals surface area contributed by atoms with Crippen LogP contribution >= 0.6 is 15.9 Å². The van der Waals surface area contributed by atoms with Gasteiger partial charge in [-0.15, -0.1) is 0 Å². The molecule has 1 saturated heterocycles. The number of hydrogen-bond acceptors (Lipinski definition) is 2. The van der Waals surface area contributed by atoms with Crippen LogP contribution < -0.4 is 0 Å². The van der Waals surface area contributed by atoms with Crippen molar-refractivity contribution in [3.05, 3.63) is 0 Å². The van der Waals surface area contributed by atoms with Gasteiger partial charge in [0.1, 0.15) is 0 Å². The van der Waals surface area contributed by atoms with Crippen LogP contribution in [0.1, 0.15) is 51.4 Å². The van der Waals surface area contributed by atoms with Gasteiger partial charge in [-0.2, -0.15) is 0 Å². The van der Waals surface area contributed by atoms with E-state index in [0.29, 0.717) is 0 Å². The monoisotopic (exact) mass is 304 g/mol. The second kappa shape index (κ2) is 7.10. The maximum absolute atomic E-state index is 6.34. The Balaban J connectivity index is 1.80. The summed E-state index contributed by atoms with van der Waals surface area (Å²) in [7, 11) is 0. The molecule has 0 aromatic rings. The Kier molecular flexibility index (Phi) is 5.78. The molecule has 0 unspecified atom stereocenters. The highest BCUT2D eigenvalue weighted by molar-refractivity contribution is 9.09. The van der Waals surface area contributed by atoms with Gasteiger partial charge in [0.15, 0.2) is 0 Å². The molecule has 0 amide bonds. The van der Waals surface area contributed by atoms with Gasteiger partial charge in [0, 0.05) is 18.5 Å². The van der Waals surface area contributed by atoms with Gasteiger partial charge in [-0.25, -0.2) is 0 Å². The molecule has 1 heterocycles. The molecule has 0 atom stereocenters. The van der Waals surface area contributed by atoms with Crippen LogP contribution in [0.4, 0.5) is 0 Å². The Labute approximate surface area is 114 Å². The standard InChI is InChI=1S/C14H25BrO2/c15-12-14(7-3-1-2-4-8-14)17-11-13-5-9-16-10-6-13/h13H,1-12H2. The first-order valence-electron chi connectivity index (χ1n) is 7.12. The van der Waals surface area contributed by atoms with Gasteiger partial charge >= 0.3 is 0 Å². The van der Waals surface area contributed by atoms with E-state index in [1.54, 1.807) is 0 Å². The van der Waals surface area contributed by atoms with Gasteiger partial charge in [0.05, 0.1) is 12.2 Å². The fourth-order valence-electron chi connectivity index (χ4n) is 2.90. The lowest BCUT2D eigenvalue weighted by Gasteiger charge is -2.34. The molecule has 1 saturated carbocycles. The predicted octanol–water partition coefficient (Wildman–Crippen LogP) is 3.92. The van der Waals surface area contributed by atoms with Crippen LogP contribution in [0.5, 0.6) is 0 Å². The fourth-order valence-corrected chi connectivity index (χ4v) is 3.62. The zero-order valence-electron chi connectivity index (χ0n) is 10.8. The first-order chi connectivity index (χ1) is 8.35. The molecule has 0 radical (unpaired) electrons. The molecule has 100 valence electrons. The Morgan fingerprint density at radius 2 is 1.71 bits per heavy atom. The minimum atomic E-state index is 0.134. The maximum atomic E-state index is 6.34. The van der Waals surface area contributed by atoms with Crippen molar-refractivity contribution in [2.75, 3.05) is 25.2 Å². The number of ether oxygens (including phenoxy) is 2. The summed E-state index contributed by atoms with van der Waals surface area (Å²) < 4.78 is 11.7. The van der Waals surface area contributed by atoms with Crippen molar-refractivity contribution in [2.24, 2.45) is 5.92 Å². The summed E-state index contributed by atoms with van der Waals surface area (Å²) in [5, 5.41) is 1.00. The molecule has 2 aliphatic rings. The Bertz CT molecular complexity index is 206. The van der Waals surface area contributed by atoms with E-state index in [4.69, 9.17) is 9.47 Å². The molecule has 0 aromatic heterocycles. The average molecular weight is 305 g/mol. The summed E-state index contributed by atoms with van der Waals surface area (Å²) in [4.78, 5) is 0. The maximum Gasteiger partial charge on any atom is 0.0779 e. The lowest BCUT2D eigenvalue weighted by molar-refractivity contribution is -0.0692. The highest BCUT2D eigenvalue weighted by Gasteiger charge is 2.31. The largest absolute Gasteiger partial charge is 0.381 e. The van der Waals surface area contributed by atoms with Crippen molar-refractivity contribution in [1.82, 2.24) is 0 Å². The molecule has 0 spiro atoms. The first kappa shape index (κ1) is 13.8. The number of alkyl halides is 1. The summed E-state index contributed by atoms with van der Waals surface area (Å²) in [5.74, 6) is 0.725. The minimum absolute atomic E-state index is 0.134. The quantitative estimate of drug-likeness (QED) is 0.579. The second-order valence-corrected chi connectivity index (χ2v) is 6.16. The molecule has 0 aromatic carbocycles. The van der Waals surface area contributed by atoms with Crippen LogP contribution in [-0.2, 0) is 9.47 Å². The molecule has 2 rings (SSSR count). The van der Waals surface area contributed by atoms with E-state index in [-0.39, 0.29) is 5.60 Å². The third-order valence-electron chi connectivity index (χ3n) is 4.22. The van der Waals surface area contributed by atoms with E-state index < -0.39 is 0 Å². The van der Waals surface area contributed by atoms with Gasteiger partial charge in [0.25, 0.3) is 0 Å². The van der Waals surface area contributed by atoms with E-state index in [9.17, 15) is 0 Å². The number of halogens is 1. The molecule has 0 bridgehead atoms.